The second-order valence-electron chi connectivity index (χ2n) is 4.60. The zero-order chi connectivity index (χ0) is 14.1. The van der Waals surface area contributed by atoms with Crippen LogP contribution in [0.3, 0.4) is 0 Å². The summed E-state index contributed by atoms with van der Waals surface area (Å²) in [6.07, 6.45) is 0. The van der Waals surface area contributed by atoms with E-state index in [1.54, 1.807) is 0 Å². The van der Waals surface area contributed by atoms with Crippen molar-refractivity contribution >= 4 is 60.9 Å². The van der Waals surface area contributed by atoms with Crippen molar-refractivity contribution in [2.24, 2.45) is 0 Å². The van der Waals surface area contributed by atoms with Crippen molar-refractivity contribution in [1.82, 2.24) is 0 Å². The second kappa shape index (κ2) is 6.04. The van der Waals surface area contributed by atoms with Gasteiger partial charge in [0, 0.05) is 8.04 Å². The lowest BCUT2D eigenvalue weighted by atomic mass is 9.98. The molecule has 20 heavy (non-hydrogen) atoms. The maximum atomic E-state index is 6.76. The molecule has 3 heteroatoms. The van der Waals surface area contributed by atoms with Gasteiger partial charge >= 0.3 is 0 Å². The third kappa shape index (κ3) is 2.74. The first-order valence-electron chi connectivity index (χ1n) is 6.23. The van der Waals surface area contributed by atoms with Crippen LogP contribution in [0, 0.1) is 3.57 Å². The first-order valence-corrected chi connectivity index (χ1v) is 8.54. The molecular weight excluding hydrogens is 446 g/mol. The first-order chi connectivity index (χ1) is 9.66. The van der Waals surface area contributed by atoms with Gasteiger partial charge in [-0.3, -0.25) is 0 Å². The Balaban J connectivity index is 2.17. The lowest BCUT2D eigenvalue weighted by Crippen LogP contribution is -1.97. The molecule has 0 nitrogen and oxygen atoms in total. The van der Waals surface area contributed by atoms with Gasteiger partial charge in [0.05, 0.1) is 5.38 Å². The van der Waals surface area contributed by atoms with Gasteiger partial charge in [-0.25, -0.2) is 0 Å². The first kappa shape index (κ1) is 14.4. The van der Waals surface area contributed by atoms with E-state index in [0.29, 0.717) is 0 Å². The van der Waals surface area contributed by atoms with Gasteiger partial charge in [0.15, 0.2) is 0 Å². The average Bonchev–Trinajstić information content (AvgIpc) is 2.48. The fourth-order valence-corrected chi connectivity index (χ4v) is 3.93. The van der Waals surface area contributed by atoms with Gasteiger partial charge in [0.25, 0.3) is 0 Å². The van der Waals surface area contributed by atoms with Crippen molar-refractivity contribution in [3.05, 3.63) is 79.8 Å². The highest BCUT2D eigenvalue weighted by Crippen LogP contribution is 2.36. The standard InChI is InChI=1S/C17H11BrClI/c18-12-8-9-16(20)15(10-12)17(19)14-7-3-5-11-4-1-2-6-13(11)14/h1-10,17H. The molecule has 0 spiro atoms. The zero-order valence-corrected chi connectivity index (χ0v) is 15.0. The second-order valence-corrected chi connectivity index (χ2v) is 7.11. The maximum absolute atomic E-state index is 6.76. The number of hydrogen-bond donors (Lipinski definition) is 0. The van der Waals surface area contributed by atoms with Crippen LogP contribution in [0.5, 0.6) is 0 Å². The maximum Gasteiger partial charge on any atom is 0.0852 e. The van der Waals surface area contributed by atoms with Gasteiger partial charge in [-0.1, -0.05) is 58.4 Å². The summed E-state index contributed by atoms with van der Waals surface area (Å²) >= 11 is 12.6. The molecule has 0 radical (unpaired) electrons. The summed E-state index contributed by atoms with van der Waals surface area (Å²) in [6, 6.07) is 20.9. The van der Waals surface area contributed by atoms with Crippen LogP contribution in [0.1, 0.15) is 16.5 Å². The van der Waals surface area contributed by atoms with Gasteiger partial charge in [-0.15, -0.1) is 11.6 Å². The van der Waals surface area contributed by atoms with E-state index in [9.17, 15) is 0 Å². The largest absolute Gasteiger partial charge is 0.113 e. The molecule has 0 saturated heterocycles. The quantitative estimate of drug-likeness (QED) is 0.303. The predicted octanol–water partition coefficient (Wildman–Crippen LogP) is 6.54. The van der Waals surface area contributed by atoms with E-state index < -0.39 is 0 Å². The Morgan fingerprint density at radius 2 is 1.65 bits per heavy atom. The van der Waals surface area contributed by atoms with Gasteiger partial charge in [0.1, 0.15) is 0 Å². The van der Waals surface area contributed by atoms with Crippen molar-refractivity contribution in [2.45, 2.75) is 5.38 Å². The van der Waals surface area contributed by atoms with Crippen LogP contribution in [0.4, 0.5) is 0 Å². The Kier molecular flexibility index (Phi) is 4.34. The Hall–Kier alpha value is -0.580. The highest BCUT2D eigenvalue weighted by molar-refractivity contribution is 14.1. The van der Waals surface area contributed by atoms with Gasteiger partial charge in [-0.2, -0.15) is 0 Å². The fraction of sp³-hybridized carbons (Fsp3) is 0.0588. The smallest absolute Gasteiger partial charge is 0.0852 e. The van der Waals surface area contributed by atoms with Crippen molar-refractivity contribution in [1.29, 1.82) is 0 Å². The molecule has 0 bridgehead atoms. The Bertz CT molecular complexity index is 765. The molecule has 0 saturated carbocycles. The molecule has 0 aliphatic heterocycles. The monoisotopic (exact) mass is 456 g/mol. The normalized spacial score (nSPS) is 12.6. The van der Waals surface area contributed by atoms with E-state index in [4.69, 9.17) is 11.6 Å². The molecule has 0 fully saturated rings. The van der Waals surface area contributed by atoms with E-state index >= 15 is 0 Å². The lowest BCUT2D eigenvalue weighted by molar-refractivity contribution is 1.14. The van der Waals surface area contributed by atoms with Gasteiger partial charge in [-0.05, 0) is 62.7 Å². The zero-order valence-electron chi connectivity index (χ0n) is 10.5. The van der Waals surface area contributed by atoms with Crippen LogP contribution in [-0.2, 0) is 0 Å². The van der Waals surface area contributed by atoms with Gasteiger partial charge < -0.3 is 0 Å². The molecule has 3 aromatic rings. The molecule has 3 rings (SSSR count). The molecule has 0 N–H and O–H groups in total. The molecule has 100 valence electrons. The topological polar surface area (TPSA) is 0 Å². The van der Waals surface area contributed by atoms with Crippen LogP contribution >= 0.6 is 50.1 Å². The van der Waals surface area contributed by atoms with Crippen molar-refractivity contribution < 1.29 is 0 Å². The van der Waals surface area contributed by atoms with Crippen molar-refractivity contribution in [3.63, 3.8) is 0 Å². The summed E-state index contributed by atoms with van der Waals surface area (Å²) in [7, 11) is 0. The Morgan fingerprint density at radius 3 is 2.50 bits per heavy atom. The number of halogens is 3. The van der Waals surface area contributed by atoms with Crippen LogP contribution < -0.4 is 0 Å². The highest BCUT2D eigenvalue weighted by Gasteiger charge is 2.16. The average molecular weight is 458 g/mol. The minimum absolute atomic E-state index is 0.148. The molecule has 0 aromatic heterocycles. The third-order valence-electron chi connectivity index (χ3n) is 3.33. The molecule has 0 aliphatic carbocycles. The number of alkyl halides is 1. The van der Waals surface area contributed by atoms with Crippen LogP contribution in [0.15, 0.2) is 65.1 Å². The summed E-state index contributed by atoms with van der Waals surface area (Å²) in [4.78, 5) is 0. The molecule has 0 amide bonds. The molecule has 3 aromatic carbocycles. The Morgan fingerprint density at radius 1 is 0.900 bits per heavy atom. The number of benzene rings is 3. The molecule has 1 atom stereocenters. The summed E-state index contributed by atoms with van der Waals surface area (Å²) in [5.41, 5.74) is 2.29. The van der Waals surface area contributed by atoms with E-state index in [0.717, 1.165) is 15.6 Å². The molecule has 1 unspecified atom stereocenters. The molecule has 0 heterocycles. The van der Waals surface area contributed by atoms with Crippen LogP contribution in [0.25, 0.3) is 10.8 Å². The number of rotatable bonds is 2. The SMILES string of the molecule is ClC(c1cc(Br)ccc1I)c1cccc2ccccc12. The van der Waals surface area contributed by atoms with Crippen LogP contribution in [0.2, 0.25) is 0 Å². The molecular formula is C17H11BrClI. The van der Waals surface area contributed by atoms with E-state index in [1.165, 1.54) is 14.3 Å². The van der Waals surface area contributed by atoms with Crippen molar-refractivity contribution in [3.8, 4) is 0 Å². The van der Waals surface area contributed by atoms with E-state index in [1.807, 2.05) is 6.07 Å². The third-order valence-corrected chi connectivity index (χ3v) is 5.27. The van der Waals surface area contributed by atoms with E-state index in [-0.39, 0.29) is 5.38 Å². The summed E-state index contributed by atoms with van der Waals surface area (Å²) in [5, 5.41) is 2.29. The van der Waals surface area contributed by atoms with Gasteiger partial charge in [0.2, 0.25) is 0 Å². The lowest BCUT2D eigenvalue weighted by Gasteiger charge is -2.15. The van der Waals surface area contributed by atoms with Crippen molar-refractivity contribution in [2.75, 3.05) is 0 Å². The molecule has 0 aliphatic rings. The fourth-order valence-electron chi connectivity index (χ4n) is 2.35. The van der Waals surface area contributed by atoms with E-state index in [2.05, 4.69) is 93.1 Å². The predicted molar refractivity (Wildman–Crippen MR) is 98.5 cm³/mol. The minimum atomic E-state index is -0.148. The minimum Gasteiger partial charge on any atom is -0.113 e. The highest BCUT2D eigenvalue weighted by atomic mass is 127. The summed E-state index contributed by atoms with van der Waals surface area (Å²) < 4.78 is 2.23. The number of hydrogen-bond acceptors (Lipinski definition) is 0. The van der Waals surface area contributed by atoms with Crippen LogP contribution in [-0.4, -0.2) is 0 Å². The summed E-state index contributed by atoms with van der Waals surface area (Å²) in [6.45, 7) is 0. The summed E-state index contributed by atoms with van der Waals surface area (Å²) in [5.74, 6) is 0. The Labute approximate surface area is 145 Å². The number of fused-ring (bicyclic) bond motifs is 1.